The molecule has 0 aliphatic heterocycles. The van der Waals surface area contributed by atoms with E-state index in [0.717, 1.165) is 36.1 Å². The molecule has 4 rings (SSSR count). The fourth-order valence-corrected chi connectivity index (χ4v) is 5.14. The molecule has 2 aromatic heterocycles. The van der Waals surface area contributed by atoms with Gasteiger partial charge in [0, 0.05) is 4.88 Å². The minimum absolute atomic E-state index is 0.0959. The third kappa shape index (κ3) is 5.45. The van der Waals surface area contributed by atoms with Crippen LogP contribution in [0.3, 0.4) is 0 Å². The Kier molecular flexibility index (Phi) is 7.13. The smallest absolute Gasteiger partial charge is 0.341 e. The maximum atomic E-state index is 13.0. The molecule has 1 atom stereocenters. The number of amides is 1. The quantitative estimate of drug-likeness (QED) is 0.408. The van der Waals surface area contributed by atoms with Gasteiger partial charge < -0.3 is 19.2 Å². The van der Waals surface area contributed by atoms with E-state index in [2.05, 4.69) is 12.2 Å². The Morgan fingerprint density at radius 1 is 1.21 bits per heavy atom. The summed E-state index contributed by atoms with van der Waals surface area (Å²) in [7, 11) is 0. The fraction of sp³-hybridized carbons (Fsp3) is 0.360. The zero-order chi connectivity index (χ0) is 23.4. The SMILES string of the molecule is CCCOC(=O)c1c(NC(=O)c2ccc(COc3ccc(F)cc3)o2)sc2c1CC[C@H](C)C2. The molecule has 0 unspecified atom stereocenters. The van der Waals surface area contributed by atoms with E-state index in [1.54, 1.807) is 12.1 Å². The Labute approximate surface area is 195 Å². The van der Waals surface area contributed by atoms with Crippen LogP contribution < -0.4 is 10.1 Å². The van der Waals surface area contributed by atoms with Crippen molar-refractivity contribution in [2.45, 2.75) is 46.1 Å². The number of rotatable bonds is 8. The highest BCUT2D eigenvalue weighted by atomic mass is 32.1. The van der Waals surface area contributed by atoms with Crippen molar-refractivity contribution in [2.75, 3.05) is 11.9 Å². The molecule has 0 saturated heterocycles. The van der Waals surface area contributed by atoms with Gasteiger partial charge in [-0.05, 0) is 73.6 Å². The standard InChI is InChI=1S/C25H26FNO5S/c1-3-12-30-25(29)22-19-10-4-15(2)13-21(19)33-24(22)27-23(28)20-11-9-18(32-20)14-31-17-7-5-16(26)6-8-17/h5-9,11,15H,3-4,10,12-14H2,1-2H3,(H,27,28)/t15-/m0/s1. The van der Waals surface area contributed by atoms with Crippen molar-refractivity contribution >= 4 is 28.2 Å². The molecule has 1 aliphatic rings. The number of thiophene rings is 1. The number of anilines is 1. The van der Waals surface area contributed by atoms with Gasteiger partial charge in [-0.3, -0.25) is 4.79 Å². The molecule has 0 bridgehead atoms. The van der Waals surface area contributed by atoms with E-state index < -0.39 is 11.9 Å². The summed E-state index contributed by atoms with van der Waals surface area (Å²) in [5.41, 5.74) is 1.46. The van der Waals surface area contributed by atoms with Crippen molar-refractivity contribution in [3.8, 4) is 5.75 Å². The highest BCUT2D eigenvalue weighted by Crippen LogP contribution is 2.40. The Bertz CT molecular complexity index is 1130. The van der Waals surface area contributed by atoms with E-state index in [0.29, 0.717) is 34.6 Å². The molecule has 0 radical (unpaired) electrons. The van der Waals surface area contributed by atoms with Crippen molar-refractivity contribution in [3.63, 3.8) is 0 Å². The zero-order valence-electron chi connectivity index (χ0n) is 18.6. The molecule has 1 aromatic carbocycles. The number of halogens is 1. The Balaban J connectivity index is 1.47. The lowest BCUT2D eigenvalue weighted by molar-refractivity contribution is 0.0505. The van der Waals surface area contributed by atoms with E-state index in [1.165, 1.54) is 35.6 Å². The van der Waals surface area contributed by atoms with Crippen LogP contribution in [0.2, 0.25) is 0 Å². The van der Waals surface area contributed by atoms with Gasteiger partial charge >= 0.3 is 5.97 Å². The number of carbonyl (C=O) groups is 2. The number of benzene rings is 1. The maximum Gasteiger partial charge on any atom is 0.341 e. The first-order chi connectivity index (χ1) is 15.9. The Morgan fingerprint density at radius 2 is 2.00 bits per heavy atom. The highest BCUT2D eigenvalue weighted by molar-refractivity contribution is 7.17. The van der Waals surface area contributed by atoms with Crippen molar-refractivity contribution in [1.82, 2.24) is 0 Å². The predicted octanol–water partition coefficient (Wildman–Crippen LogP) is 6.00. The second kappa shape index (κ2) is 10.2. The van der Waals surface area contributed by atoms with Crippen molar-refractivity contribution < 1.29 is 27.9 Å². The van der Waals surface area contributed by atoms with Gasteiger partial charge in [0.05, 0.1) is 12.2 Å². The average Bonchev–Trinajstić information content (AvgIpc) is 3.41. The first-order valence-electron chi connectivity index (χ1n) is 11.0. The first kappa shape index (κ1) is 23.0. The molecular weight excluding hydrogens is 445 g/mol. The van der Waals surface area contributed by atoms with Crippen molar-refractivity contribution in [2.24, 2.45) is 5.92 Å². The normalized spacial score (nSPS) is 15.1. The van der Waals surface area contributed by atoms with Gasteiger partial charge in [-0.15, -0.1) is 11.3 Å². The molecule has 8 heteroatoms. The lowest BCUT2D eigenvalue weighted by Crippen LogP contribution is -2.16. The monoisotopic (exact) mass is 471 g/mol. The number of ether oxygens (including phenoxy) is 2. The summed E-state index contributed by atoms with van der Waals surface area (Å²) in [6.45, 7) is 4.56. The van der Waals surface area contributed by atoms with Gasteiger partial charge in [-0.1, -0.05) is 13.8 Å². The second-order valence-electron chi connectivity index (χ2n) is 8.15. The van der Waals surface area contributed by atoms with Gasteiger partial charge in [0.2, 0.25) is 0 Å². The summed E-state index contributed by atoms with van der Waals surface area (Å²) in [5, 5.41) is 3.35. The molecule has 0 spiro atoms. The minimum Gasteiger partial charge on any atom is -0.486 e. The molecule has 0 fully saturated rings. The van der Waals surface area contributed by atoms with Crippen LogP contribution in [0.4, 0.5) is 9.39 Å². The largest absolute Gasteiger partial charge is 0.486 e. The van der Waals surface area contributed by atoms with Crippen LogP contribution >= 0.6 is 11.3 Å². The first-order valence-corrected chi connectivity index (χ1v) is 11.9. The third-order valence-corrected chi connectivity index (χ3v) is 6.63. The number of carbonyl (C=O) groups excluding carboxylic acids is 2. The molecule has 0 saturated carbocycles. The summed E-state index contributed by atoms with van der Waals surface area (Å²) in [5.74, 6) is 0.403. The van der Waals surface area contributed by atoms with E-state index >= 15 is 0 Å². The van der Waals surface area contributed by atoms with Crippen LogP contribution in [0.5, 0.6) is 5.75 Å². The molecule has 1 amide bonds. The molecule has 6 nitrogen and oxygen atoms in total. The van der Waals surface area contributed by atoms with Crippen molar-refractivity contribution in [1.29, 1.82) is 0 Å². The molecule has 174 valence electrons. The van der Waals surface area contributed by atoms with Crippen LogP contribution in [0.25, 0.3) is 0 Å². The summed E-state index contributed by atoms with van der Waals surface area (Å²) >= 11 is 1.44. The van der Waals surface area contributed by atoms with E-state index in [1.807, 2.05) is 6.92 Å². The number of nitrogens with one attached hydrogen (secondary N) is 1. The summed E-state index contributed by atoms with van der Waals surface area (Å²) in [6.07, 6.45) is 3.41. The van der Waals surface area contributed by atoms with Crippen LogP contribution in [0.1, 0.15) is 63.8 Å². The van der Waals surface area contributed by atoms with E-state index in [9.17, 15) is 14.0 Å². The fourth-order valence-electron chi connectivity index (χ4n) is 3.75. The lowest BCUT2D eigenvalue weighted by atomic mass is 9.88. The van der Waals surface area contributed by atoms with Crippen LogP contribution in [0.15, 0.2) is 40.8 Å². The minimum atomic E-state index is -0.445. The van der Waals surface area contributed by atoms with E-state index in [4.69, 9.17) is 13.9 Å². The zero-order valence-corrected chi connectivity index (χ0v) is 19.4. The second-order valence-corrected chi connectivity index (χ2v) is 9.26. The molecule has 3 aromatic rings. The summed E-state index contributed by atoms with van der Waals surface area (Å²) in [6, 6.07) is 8.86. The van der Waals surface area contributed by atoms with Gasteiger partial charge in [0.25, 0.3) is 5.91 Å². The van der Waals surface area contributed by atoms with Crippen LogP contribution in [0, 0.1) is 11.7 Å². The average molecular weight is 472 g/mol. The maximum absolute atomic E-state index is 13.0. The molecule has 33 heavy (non-hydrogen) atoms. The number of hydrogen-bond acceptors (Lipinski definition) is 6. The number of furan rings is 1. The predicted molar refractivity (Wildman–Crippen MR) is 123 cm³/mol. The van der Waals surface area contributed by atoms with Crippen LogP contribution in [-0.2, 0) is 24.2 Å². The number of hydrogen-bond donors (Lipinski definition) is 1. The number of esters is 1. The third-order valence-electron chi connectivity index (χ3n) is 5.46. The van der Waals surface area contributed by atoms with Gasteiger partial charge in [-0.25, -0.2) is 9.18 Å². The lowest BCUT2D eigenvalue weighted by Gasteiger charge is -2.18. The molecule has 2 heterocycles. The summed E-state index contributed by atoms with van der Waals surface area (Å²) in [4.78, 5) is 26.8. The van der Waals surface area contributed by atoms with Gasteiger partial charge in [-0.2, -0.15) is 0 Å². The Hall–Kier alpha value is -3.13. The Morgan fingerprint density at radius 3 is 2.76 bits per heavy atom. The topological polar surface area (TPSA) is 77.8 Å². The van der Waals surface area contributed by atoms with Crippen molar-refractivity contribution in [3.05, 3.63) is 69.7 Å². The molecular formula is C25H26FNO5S. The molecule has 1 N–H and O–H groups in total. The highest BCUT2D eigenvalue weighted by Gasteiger charge is 2.29. The van der Waals surface area contributed by atoms with Gasteiger partial charge in [0.1, 0.15) is 28.9 Å². The van der Waals surface area contributed by atoms with Crippen LogP contribution in [-0.4, -0.2) is 18.5 Å². The summed E-state index contributed by atoms with van der Waals surface area (Å²) < 4.78 is 29.6. The molecule has 1 aliphatic carbocycles. The van der Waals surface area contributed by atoms with E-state index in [-0.39, 0.29) is 18.2 Å². The number of fused-ring (bicyclic) bond motifs is 1. The van der Waals surface area contributed by atoms with Gasteiger partial charge in [0.15, 0.2) is 5.76 Å².